The Bertz CT molecular complexity index is 259. The summed E-state index contributed by atoms with van der Waals surface area (Å²) in [5, 5.41) is 2.67. The Labute approximate surface area is 109 Å². The molecule has 0 heterocycles. The second-order valence-electron chi connectivity index (χ2n) is 4.26. The molecule has 18 heavy (non-hydrogen) atoms. The Kier molecular flexibility index (Phi) is 9.22. The van der Waals surface area contributed by atoms with Crippen LogP contribution in [-0.2, 0) is 14.3 Å². The van der Waals surface area contributed by atoms with Gasteiger partial charge >= 0.3 is 0 Å². The van der Waals surface area contributed by atoms with Crippen LogP contribution in [0.3, 0.4) is 0 Å². The van der Waals surface area contributed by atoms with Gasteiger partial charge in [-0.3, -0.25) is 9.59 Å². The van der Waals surface area contributed by atoms with Gasteiger partial charge in [0, 0.05) is 27.2 Å². The molecule has 0 spiro atoms. The maximum Gasteiger partial charge on any atom is 0.239 e. The van der Waals surface area contributed by atoms with Crippen LogP contribution in [0.25, 0.3) is 0 Å². The Balaban J connectivity index is 4.09. The van der Waals surface area contributed by atoms with Crippen LogP contribution in [0.4, 0.5) is 0 Å². The SMILES string of the molecule is CCCC(CN)C(=O)N(C)CC(=O)NCCOC. The quantitative estimate of drug-likeness (QED) is 0.551. The van der Waals surface area contributed by atoms with Crippen LogP contribution in [0.2, 0.25) is 0 Å². The number of carbonyl (C=O) groups is 2. The number of ether oxygens (including phenoxy) is 1. The summed E-state index contributed by atoms with van der Waals surface area (Å²) in [6.07, 6.45) is 1.66. The standard InChI is InChI=1S/C12H25N3O3/c1-4-5-10(8-13)12(17)15(2)9-11(16)14-6-7-18-3/h10H,4-9,13H2,1-3H3,(H,14,16). The number of nitrogens with two attached hydrogens (primary N) is 1. The topological polar surface area (TPSA) is 84.7 Å². The van der Waals surface area contributed by atoms with E-state index in [-0.39, 0.29) is 24.3 Å². The largest absolute Gasteiger partial charge is 0.383 e. The zero-order chi connectivity index (χ0) is 14.0. The molecule has 0 saturated carbocycles. The molecule has 6 nitrogen and oxygen atoms in total. The van der Waals surface area contributed by atoms with Crippen molar-refractivity contribution in [3.8, 4) is 0 Å². The fourth-order valence-electron chi connectivity index (χ4n) is 1.64. The number of nitrogens with one attached hydrogen (secondary N) is 1. The lowest BCUT2D eigenvalue weighted by Gasteiger charge is -2.22. The van der Waals surface area contributed by atoms with E-state index in [1.54, 1.807) is 14.2 Å². The highest BCUT2D eigenvalue weighted by molar-refractivity contribution is 5.85. The summed E-state index contributed by atoms with van der Waals surface area (Å²) >= 11 is 0. The van der Waals surface area contributed by atoms with Crippen molar-refractivity contribution in [3.05, 3.63) is 0 Å². The van der Waals surface area contributed by atoms with E-state index in [4.69, 9.17) is 10.5 Å². The molecule has 0 saturated heterocycles. The van der Waals surface area contributed by atoms with Gasteiger partial charge < -0.3 is 20.7 Å². The number of hydrogen-bond donors (Lipinski definition) is 2. The van der Waals surface area contributed by atoms with Gasteiger partial charge in [-0.05, 0) is 6.42 Å². The van der Waals surface area contributed by atoms with Crippen LogP contribution in [0, 0.1) is 5.92 Å². The Morgan fingerprint density at radius 3 is 2.61 bits per heavy atom. The summed E-state index contributed by atoms with van der Waals surface area (Å²) < 4.78 is 4.82. The third-order valence-corrected chi connectivity index (χ3v) is 2.66. The smallest absolute Gasteiger partial charge is 0.239 e. The van der Waals surface area contributed by atoms with Gasteiger partial charge in [0.05, 0.1) is 19.1 Å². The second kappa shape index (κ2) is 9.85. The molecule has 0 aromatic carbocycles. The van der Waals surface area contributed by atoms with Gasteiger partial charge in [0.1, 0.15) is 0 Å². The molecule has 106 valence electrons. The zero-order valence-corrected chi connectivity index (χ0v) is 11.6. The summed E-state index contributed by atoms with van der Waals surface area (Å²) in [7, 11) is 3.19. The molecule has 0 aromatic rings. The predicted octanol–water partition coefficient (Wildman–Crippen LogP) is -0.418. The highest BCUT2D eigenvalue weighted by Crippen LogP contribution is 2.07. The molecule has 3 N–H and O–H groups in total. The molecule has 0 rings (SSSR count). The lowest BCUT2D eigenvalue weighted by molar-refractivity contribution is -0.138. The van der Waals surface area contributed by atoms with E-state index < -0.39 is 0 Å². The van der Waals surface area contributed by atoms with E-state index in [0.717, 1.165) is 12.8 Å². The van der Waals surface area contributed by atoms with Crippen molar-refractivity contribution in [3.63, 3.8) is 0 Å². The number of likely N-dealkylation sites (N-methyl/N-ethyl adjacent to an activating group) is 1. The summed E-state index contributed by atoms with van der Waals surface area (Å²) in [4.78, 5) is 24.9. The van der Waals surface area contributed by atoms with Crippen molar-refractivity contribution >= 4 is 11.8 Å². The molecule has 0 fully saturated rings. The molecule has 1 unspecified atom stereocenters. The number of nitrogens with zero attached hydrogens (tertiary/aromatic N) is 1. The van der Waals surface area contributed by atoms with Gasteiger partial charge in [-0.25, -0.2) is 0 Å². The van der Waals surface area contributed by atoms with Crippen LogP contribution in [0.15, 0.2) is 0 Å². The average Bonchev–Trinajstić information content (AvgIpc) is 2.35. The minimum Gasteiger partial charge on any atom is -0.383 e. The van der Waals surface area contributed by atoms with Crippen molar-refractivity contribution < 1.29 is 14.3 Å². The zero-order valence-electron chi connectivity index (χ0n) is 11.6. The van der Waals surface area contributed by atoms with Gasteiger partial charge in [-0.1, -0.05) is 13.3 Å². The van der Waals surface area contributed by atoms with Gasteiger partial charge in [0.25, 0.3) is 0 Å². The first-order chi connectivity index (χ1) is 8.56. The molecule has 0 aliphatic rings. The number of rotatable bonds is 9. The summed E-state index contributed by atoms with van der Waals surface area (Å²) in [5.74, 6) is -0.441. The molecule has 0 aliphatic heterocycles. The highest BCUT2D eigenvalue weighted by atomic mass is 16.5. The third kappa shape index (κ3) is 6.56. The third-order valence-electron chi connectivity index (χ3n) is 2.66. The first kappa shape index (κ1) is 16.9. The number of methoxy groups -OCH3 is 1. The Morgan fingerprint density at radius 1 is 1.44 bits per heavy atom. The molecule has 0 aliphatic carbocycles. The molecular weight excluding hydrogens is 234 g/mol. The fourth-order valence-corrected chi connectivity index (χ4v) is 1.64. The monoisotopic (exact) mass is 259 g/mol. The molecule has 1 atom stereocenters. The van der Waals surface area contributed by atoms with Crippen molar-refractivity contribution in [1.29, 1.82) is 0 Å². The van der Waals surface area contributed by atoms with E-state index >= 15 is 0 Å². The molecular formula is C12H25N3O3. The summed E-state index contributed by atoms with van der Waals surface area (Å²) in [6, 6.07) is 0. The van der Waals surface area contributed by atoms with Crippen LogP contribution in [0.5, 0.6) is 0 Å². The minimum absolute atomic E-state index is 0.0583. The second-order valence-corrected chi connectivity index (χ2v) is 4.26. The lowest BCUT2D eigenvalue weighted by atomic mass is 10.0. The van der Waals surface area contributed by atoms with Gasteiger partial charge in [-0.15, -0.1) is 0 Å². The molecule has 0 radical (unpaired) electrons. The molecule has 6 heteroatoms. The first-order valence-corrected chi connectivity index (χ1v) is 6.27. The minimum atomic E-state index is -0.188. The van der Waals surface area contributed by atoms with Crippen molar-refractivity contribution in [2.75, 3.05) is 40.4 Å². The van der Waals surface area contributed by atoms with E-state index in [1.165, 1.54) is 4.90 Å². The van der Waals surface area contributed by atoms with Crippen LogP contribution >= 0.6 is 0 Å². The van der Waals surface area contributed by atoms with E-state index in [1.807, 2.05) is 6.92 Å². The van der Waals surface area contributed by atoms with E-state index in [0.29, 0.717) is 19.7 Å². The van der Waals surface area contributed by atoms with Crippen LogP contribution in [-0.4, -0.2) is 57.1 Å². The van der Waals surface area contributed by atoms with Crippen molar-refractivity contribution in [2.24, 2.45) is 11.7 Å². The summed E-state index contributed by atoms with van der Waals surface area (Å²) in [5.41, 5.74) is 5.56. The lowest BCUT2D eigenvalue weighted by Crippen LogP contribution is -2.43. The van der Waals surface area contributed by atoms with Crippen LogP contribution < -0.4 is 11.1 Å². The number of amides is 2. The fraction of sp³-hybridized carbons (Fsp3) is 0.833. The van der Waals surface area contributed by atoms with Crippen molar-refractivity contribution in [1.82, 2.24) is 10.2 Å². The van der Waals surface area contributed by atoms with E-state index in [9.17, 15) is 9.59 Å². The molecule has 0 bridgehead atoms. The summed E-state index contributed by atoms with van der Waals surface area (Å²) in [6.45, 7) is 3.30. The number of carbonyl (C=O) groups excluding carboxylic acids is 2. The van der Waals surface area contributed by atoms with Gasteiger partial charge in [-0.2, -0.15) is 0 Å². The number of hydrogen-bond acceptors (Lipinski definition) is 4. The maximum absolute atomic E-state index is 12.0. The van der Waals surface area contributed by atoms with Gasteiger partial charge in [0.2, 0.25) is 11.8 Å². The van der Waals surface area contributed by atoms with Gasteiger partial charge in [0.15, 0.2) is 0 Å². The Morgan fingerprint density at radius 2 is 2.11 bits per heavy atom. The predicted molar refractivity (Wildman–Crippen MR) is 70.0 cm³/mol. The van der Waals surface area contributed by atoms with Crippen LogP contribution in [0.1, 0.15) is 19.8 Å². The molecule has 2 amide bonds. The first-order valence-electron chi connectivity index (χ1n) is 6.27. The normalized spacial score (nSPS) is 12.0. The highest BCUT2D eigenvalue weighted by Gasteiger charge is 2.21. The van der Waals surface area contributed by atoms with Crippen molar-refractivity contribution in [2.45, 2.75) is 19.8 Å². The molecule has 0 aromatic heterocycles. The average molecular weight is 259 g/mol. The maximum atomic E-state index is 12.0. The van der Waals surface area contributed by atoms with E-state index in [2.05, 4.69) is 5.32 Å². The Hall–Kier alpha value is -1.14.